The van der Waals surface area contributed by atoms with Gasteiger partial charge in [-0.25, -0.2) is 8.42 Å². The molecular formula is C38H46N2O6S. The molecule has 2 heterocycles. The number of methoxy groups -OCH3 is 1. The molecule has 1 saturated heterocycles. The number of carbonyl (C=O) groups excluding carboxylic acids is 1. The zero-order valence-electron chi connectivity index (χ0n) is 27.9. The van der Waals surface area contributed by atoms with Crippen LogP contribution in [0.1, 0.15) is 62.3 Å². The van der Waals surface area contributed by atoms with Gasteiger partial charge in [-0.3, -0.25) is 9.69 Å². The van der Waals surface area contributed by atoms with Crippen molar-refractivity contribution in [2.45, 2.75) is 82.2 Å². The van der Waals surface area contributed by atoms with Crippen LogP contribution in [0, 0.1) is 11.8 Å². The van der Waals surface area contributed by atoms with Gasteiger partial charge >= 0.3 is 5.97 Å². The van der Waals surface area contributed by atoms with Crippen molar-refractivity contribution in [3.05, 3.63) is 89.0 Å². The lowest BCUT2D eigenvalue weighted by molar-refractivity contribution is -0.132. The molecule has 2 aliphatic heterocycles. The van der Waals surface area contributed by atoms with Crippen LogP contribution >= 0.6 is 0 Å². The summed E-state index contributed by atoms with van der Waals surface area (Å²) in [6.07, 6.45) is 3.79. The Bertz CT molecular complexity index is 1730. The summed E-state index contributed by atoms with van der Waals surface area (Å²) in [7, 11) is -2.07. The first kappa shape index (κ1) is 32.2. The topological polar surface area (TPSA) is 85.4 Å². The van der Waals surface area contributed by atoms with Gasteiger partial charge in [0.1, 0.15) is 11.9 Å². The highest BCUT2D eigenvalue weighted by Crippen LogP contribution is 2.66. The molecule has 3 aromatic rings. The van der Waals surface area contributed by atoms with E-state index < -0.39 is 15.4 Å². The third-order valence-electron chi connectivity index (χ3n) is 10.9. The fraction of sp³-hybridized carbons (Fsp3) is 0.500. The largest absolute Gasteiger partial charge is 0.493 e. The van der Waals surface area contributed by atoms with Gasteiger partial charge in [0.05, 0.1) is 18.9 Å². The zero-order chi connectivity index (χ0) is 32.9. The summed E-state index contributed by atoms with van der Waals surface area (Å²) >= 11 is 0. The van der Waals surface area contributed by atoms with Gasteiger partial charge in [0.2, 0.25) is 10.0 Å². The van der Waals surface area contributed by atoms with Crippen molar-refractivity contribution < 1.29 is 27.4 Å². The van der Waals surface area contributed by atoms with Crippen LogP contribution in [-0.2, 0) is 38.8 Å². The summed E-state index contributed by atoms with van der Waals surface area (Å²) in [4.78, 5) is 15.0. The van der Waals surface area contributed by atoms with Crippen molar-refractivity contribution in [2.75, 3.05) is 26.7 Å². The minimum absolute atomic E-state index is 0.0474. The van der Waals surface area contributed by atoms with E-state index in [2.05, 4.69) is 49.1 Å². The molecule has 0 N–H and O–H groups in total. The first-order valence-corrected chi connectivity index (χ1v) is 18.6. The van der Waals surface area contributed by atoms with Gasteiger partial charge in [0.15, 0.2) is 11.5 Å². The molecule has 0 radical (unpaired) electrons. The van der Waals surface area contributed by atoms with E-state index >= 15 is 0 Å². The number of rotatable bonds is 11. The second-order valence-electron chi connectivity index (χ2n) is 14.2. The van der Waals surface area contributed by atoms with Crippen LogP contribution in [0.25, 0.3) is 0 Å². The smallest absolute Gasteiger partial charge is 0.308 e. The first-order chi connectivity index (χ1) is 22.6. The molecule has 2 fully saturated rings. The average Bonchev–Trinajstić information content (AvgIpc) is 3.39. The number of hydrogen-bond acceptors (Lipinski definition) is 7. The predicted octanol–water partition coefficient (Wildman–Crippen LogP) is 5.76. The molecule has 47 heavy (non-hydrogen) atoms. The molecule has 7 rings (SSSR count). The molecule has 8 nitrogen and oxygen atoms in total. The summed E-state index contributed by atoms with van der Waals surface area (Å²) in [6, 6.07) is 21.7. The van der Waals surface area contributed by atoms with Gasteiger partial charge in [0, 0.05) is 48.7 Å². The highest BCUT2D eigenvalue weighted by molar-refractivity contribution is 7.88. The number of ether oxygens (including phenoxy) is 3. The van der Waals surface area contributed by atoms with Crippen molar-refractivity contribution in [1.82, 2.24) is 9.21 Å². The van der Waals surface area contributed by atoms with Crippen molar-refractivity contribution >= 4 is 16.0 Å². The third-order valence-corrected chi connectivity index (χ3v) is 12.8. The minimum atomic E-state index is -3.68. The van der Waals surface area contributed by atoms with Gasteiger partial charge in [0.25, 0.3) is 0 Å². The molecule has 5 atom stereocenters. The summed E-state index contributed by atoms with van der Waals surface area (Å²) in [5.74, 6) is 1.75. The fourth-order valence-corrected chi connectivity index (χ4v) is 11.1. The summed E-state index contributed by atoms with van der Waals surface area (Å²) < 4.78 is 49.4. The molecule has 1 saturated carbocycles. The normalized spacial score (nSPS) is 26.2. The Kier molecular flexibility index (Phi) is 8.60. The molecule has 0 amide bonds. The second-order valence-corrected chi connectivity index (χ2v) is 16.1. The van der Waals surface area contributed by atoms with Crippen molar-refractivity contribution in [3.8, 4) is 17.2 Å². The lowest BCUT2D eigenvalue weighted by Crippen LogP contribution is -2.69. The molecule has 0 aromatic heterocycles. The van der Waals surface area contributed by atoms with E-state index in [1.807, 2.05) is 30.3 Å². The molecule has 1 spiro atoms. The van der Waals surface area contributed by atoms with Crippen molar-refractivity contribution in [2.24, 2.45) is 11.8 Å². The van der Waals surface area contributed by atoms with Crippen LogP contribution in [0.5, 0.6) is 17.2 Å². The van der Waals surface area contributed by atoms with Crippen LogP contribution in [0.3, 0.4) is 0 Å². The number of nitrogens with zero attached hydrogens (tertiary/aromatic N) is 2. The Morgan fingerprint density at radius 1 is 1.04 bits per heavy atom. The number of hydrogen-bond donors (Lipinski definition) is 0. The highest BCUT2D eigenvalue weighted by Gasteiger charge is 2.67. The van der Waals surface area contributed by atoms with Gasteiger partial charge in [-0.1, -0.05) is 74.5 Å². The standard InChI is InChI=1S/C38H46N2O6S/c1-25(2)23-40(47(42,43)24-28-13-9-6-10-14-28)31-16-15-30-32-21-29-33(45-26(3)41)22-34(44-4)36-35(29)38(30,37(31)46-36)18-20-39(32)19-17-27-11-7-5-8-12-27/h5-14,22,25,30-32,37H,15-21,23-24H2,1-4H3/t30-,31-,32+,37-,38-/m0/s1. The second kappa shape index (κ2) is 12.6. The number of sulfonamides is 1. The Hall–Kier alpha value is -3.40. The van der Waals surface area contributed by atoms with E-state index in [1.54, 1.807) is 17.5 Å². The Balaban J connectivity index is 1.32. The van der Waals surface area contributed by atoms with Gasteiger partial charge in [-0.2, -0.15) is 4.31 Å². The predicted molar refractivity (Wildman–Crippen MR) is 181 cm³/mol. The first-order valence-electron chi connectivity index (χ1n) is 17.0. The molecule has 0 unspecified atom stereocenters. The maximum absolute atomic E-state index is 14.4. The van der Waals surface area contributed by atoms with Gasteiger partial charge < -0.3 is 14.2 Å². The van der Waals surface area contributed by atoms with Crippen molar-refractivity contribution in [1.29, 1.82) is 0 Å². The number of carbonyl (C=O) groups is 1. The SMILES string of the molecule is COc1cc(OC(C)=O)c2c3c1O[C@H]1[C@@H](N(CC(C)C)S(=O)(=O)Cc4ccccc4)CC[C@H]4[C@@H](C2)N(CCc2ccccc2)CC[C@@]341. The average molecular weight is 659 g/mol. The lowest BCUT2D eigenvalue weighted by Gasteiger charge is -2.60. The molecule has 3 aromatic carbocycles. The number of piperidine rings is 1. The fourth-order valence-electron chi connectivity index (χ4n) is 9.21. The third kappa shape index (κ3) is 5.64. The summed E-state index contributed by atoms with van der Waals surface area (Å²) in [6.45, 7) is 7.83. The summed E-state index contributed by atoms with van der Waals surface area (Å²) in [5.41, 5.74) is 3.77. The monoisotopic (exact) mass is 658 g/mol. The van der Waals surface area contributed by atoms with Crippen LogP contribution < -0.4 is 14.2 Å². The van der Waals surface area contributed by atoms with E-state index in [0.29, 0.717) is 23.8 Å². The number of likely N-dealkylation sites (tertiary alicyclic amines) is 1. The summed E-state index contributed by atoms with van der Waals surface area (Å²) in [5, 5.41) is 0. The van der Waals surface area contributed by atoms with Gasteiger partial charge in [-0.15, -0.1) is 0 Å². The lowest BCUT2D eigenvalue weighted by atomic mass is 9.51. The van der Waals surface area contributed by atoms with Crippen molar-refractivity contribution in [3.63, 3.8) is 0 Å². The van der Waals surface area contributed by atoms with Crippen LogP contribution in [0.15, 0.2) is 66.7 Å². The molecule has 4 aliphatic rings. The molecule has 250 valence electrons. The Morgan fingerprint density at radius 3 is 2.40 bits per heavy atom. The van der Waals surface area contributed by atoms with E-state index in [-0.39, 0.29) is 41.7 Å². The molecular weight excluding hydrogens is 612 g/mol. The van der Waals surface area contributed by atoms with E-state index in [4.69, 9.17) is 14.2 Å². The van der Waals surface area contributed by atoms with Crippen LogP contribution in [-0.4, -0.2) is 68.5 Å². The highest BCUT2D eigenvalue weighted by atomic mass is 32.2. The van der Waals surface area contributed by atoms with E-state index in [9.17, 15) is 13.2 Å². The molecule has 2 bridgehead atoms. The quantitative estimate of drug-likeness (QED) is 0.191. The molecule has 2 aliphatic carbocycles. The number of benzene rings is 3. The maximum Gasteiger partial charge on any atom is 0.308 e. The van der Waals surface area contributed by atoms with E-state index in [1.165, 1.54) is 12.5 Å². The number of esters is 1. The zero-order valence-corrected chi connectivity index (χ0v) is 28.7. The van der Waals surface area contributed by atoms with Crippen LogP contribution in [0.4, 0.5) is 0 Å². The Labute approximate surface area is 279 Å². The minimum Gasteiger partial charge on any atom is -0.493 e. The maximum atomic E-state index is 14.4. The van der Waals surface area contributed by atoms with Crippen LogP contribution in [0.2, 0.25) is 0 Å². The molecule has 9 heteroatoms. The van der Waals surface area contributed by atoms with Gasteiger partial charge in [-0.05, 0) is 61.6 Å². The Morgan fingerprint density at radius 2 is 1.74 bits per heavy atom. The van der Waals surface area contributed by atoms with E-state index in [0.717, 1.165) is 61.9 Å².